The summed E-state index contributed by atoms with van der Waals surface area (Å²) in [6, 6.07) is 11.8. The first-order valence-electron chi connectivity index (χ1n) is 9.06. The van der Waals surface area contributed by atoms with E-state index < -0.39 is 0 Å². The normalized spacial score (nSPS) is 17.0. The van der Waals surface area contributed by atoms with Crippen LogP contribution in [-0.4, -0.2) is 22.2 Å². The van der Waals surface area contributed by atoms with E-state index in [9.17, 15) is 10.1 Å². The van der Waals surface area contributed by atoms with Gasteiger partial charge in [0.25, 0.3) is 5.69 Å². The number of halogens is 2. The predicted molar refractivity (Wildman–Crippen MR) is 115 cm³/mol. The Labute approximate surface area is 181 Å². The zero-order chi connectivity index (χ0) is 20.4. The smallest absolute Gasteiger partial charge is 0.270 e. The Morgan fingerprint density at radius 1 is 1.28 bits per heavy atom. The summed E-state index contributed by atoms with van der Waals surface area (Å²) >= 11 is 13.7. The molecule has 3 aromatic rings. The van der Waals surface area contributed by atoms with Crippen molar-refractivity contribution in [3.8, 4) is 11.3 Å². The Hall–Kier alpha value is -2.19. The Kier molecular flexibility index (Phi) is 6.01. The van der Waals surface area contributed by atoms with Gasteiger partial charge in [0.1, 0.15) is 0 Å². The first kappa shape index (κ1) is 20.1. The molecule has 1 atom stereocenters. The lowest BCUT2D eigenvalue weighted by Gasteiger charge is -2.14. The van der Waals surface area contributed by atoms with E-state index in [1.54, 1.807) is 30.3 Å². The highest BCUT2D eigenvalue weighted by atomic mass is 35.5. The largest absolute Gasteiger partial charge is 0.376 e. The molecular formula is C20H17Cl2N3O3S. The van der Waals surface area contributed by atoms with Gasteiger partial charge in [-0.25, -0.2) is 4.99 Å². The third-order valence-electron chi connectivity index (χ3n) is 4.69. The van der Waals surface area contributed by atoms with Gasteiger partial charge in [0.15, 0.2) is 4.80 Å². The number of hydrogen-bond acceptors (Lipinski definition) is 5. The van der Waals surface area contributed by atoms with Crippen molar-refractivity contribution in [3.63, 3.8) is 0 Å². The van der Waals surface area contributed by atoms with Gasteiger partial charge in [-0.15, -0.1) is 11.3 Å². The lowest BCUT2D eigenvalue weighted by molar-refractivity contribution is -0.384. The molecule has 6 nitrogen and oxygen atoms in total. The summed E-state index contributed by atoms with van der Waals surface area (Å²) < 4.78 is 7.86. The maximum absolute atomic E-state index is 11.2. The van der Waals surface area contributed by atoms with Crippen molar-refractivity contribution >= 4 is 45.9 Å². The van der Waals surface area contributed by atoms with Crippen molar-refractivity contribution in [1.29, 1.82) is 0 Å². The van der Waals surface area contributed by atoms with Crippen LogP contribution < -0.4 is 4.80 Å². The maximum atomic E-state index is 11.2. The third kappa shape index (κ3) is 4.53. The summed E-state index contributed by atoms with van der Waals surface area (Å²) in [4.78, 5) is 16.3. The molecule has 2 aromatic carbocycles. The first-order chi connectivity index (χ1) is 14.0. The zero-order valence-corrected chi connectivity index (χ0v) is 17.6. The van der Waals surface area contributed by atoms with Crippen molar-refractivity contribution in [3.05, 3.63) is 72.8 Å². The number of hydrogen-bond donors (Lipinski definition) is 0. The number of thiazole rings is 1. The van der Waals surface area contributed by atoms with Gasteiger partial charge in [0, 0.05) is 34.7 Å². The number of nitro benzene ring substituents is 1. The molecule has 1 fully saturated rings. The number of non-ortho nitro benzene ring substituents is 1. The van der Waals surface area contributed by atoms with E-state index in [1.165, 1.54) is 17.4 Å². The van der Waals surface area contributed by atoms with E-state index in [-0.39, 0.29) is 16.7 Å². The van der Waals surface area contributed by atoms with E-state index in [4.69, 9.17) is 32.9 Å². The van der Waals surface area contributed by atoms with Crippen LogP contribution in [0, 0.1) is 10.1 Å². The molecule has 1 aliphatic heterocycles. The second-order valence-corrected chi connectivity index (χ2v) is 8.34. The lowest BCUT2D eigenvalue weighted by atomic mass is 10.1. The van der Waals surface area contributed by atoms with E-state index in [1.807, 2.05) is 16.0 Å². The van der Waals surface area contributed by atoms with Gasteiger partial charge >= 0.3 is 0 Å². The van der Waals surface area contributed by atoms with Crippen LogP contribution in [0.4, 0.5) is 11.4 Å². The average Bonchev–Trinajstić information content (AvgIpc) is 3.35. The Morgan fingerprint density at radius 2 is 2.14 bits per heavy atom. The highest BCUT2D eigenvalue weighted by Crippen LogP contribution is 2.29. The lowest BCUT2D eigenvalue weighted by Crippen LogP contribution is -2.24. The third-order valence-corrected chi connectivity index (χ3v) is 6.09. The number of nitrogens with zero attached hydrogens (tertiary/aromatic N) is 3. The molecule has 0 saturated carbocycles. The molecule has 0 spiro atoms. The van der Waals surface area contributed by atoms with Crippen LogP contribution in [0.15, 0.2) is 52.8 Å². The van der Waals surface area contributed by atoms with Gasteiger partial charge in [-0.3, -0.25) is 10.1 Å². The van der Waals surface area contributed by atoms with Crippen molar-refractivity contribution in [2.75, 3.05) is 6.61 Å². The van der Waals surface area contributed by atoms with Crippen molar-refractivity contribution in [1.82, 2.24) is 4.57 Å². The van der Waals surface area contributed by atoms with E-state index in [0.717, 1.165) is 35.5 Å². The van der Waals surface area contributed by atoms with Crippen LogP contribution >= 0.6 is 34.5 Å². The van der Waals surface area contributed by atoms with Crippen molar-refractivity contribution in [2.45, 2.75) is 25.5 Å². The minimum atomic E-state index is -0.390. The van der Waals surface area contributed by atoms with E-state index >= 15 is 0 Å². The Morgan fingerprint density at radius 3 is 2.86 bits per heavy atom. The monoisotopic (exact) mass is 449 g/mol. The van der Waals surface area contributed by atoms with Crippen LogP contribution in [0.3, 0.4) is 0 Å². The fraction of sp³-hybridized carbons (Fsp3) is 0.250. The van der Waals surface area contributed by atoms with Crippen molar-refractivity contribution in [2.24, 2.45) is 4.99 Å². The molecule has 0 aliphatic carbocycles. The molecular weight excluding hydrogens is 433 g/mol. The molecule has 150 valence electrons. The summed E-state index contributed by atoms with van der Waals surface area (Å²) in [5, 5.41) is 14.2. The SMILES string of the molecule is O=[N+]([O-])c1cccc(-c2csc(=Nc3ccc(Cl)cc3Cl)n2CC2CCCO2)c1. The number of aromatic nitrogens is 1. The van der Waals surface area contributed by atoms with Crippen LogP contribution in [0.25, 0.3) is 11.3 Å². The maximum Gasteiger partial charge on any atom is 0.270 e. The number of benzene rings is 2. The molecule has 1 aliphatic rings. The van der Waals surface area contributed by atoms with Gasteiger partial charge in [-0.2, -0.15) is 0 Å². The van der Waals surface area contributed by atoms with Crippen molar-refractivity contribution < 1.29 is 9.66 Å². The van der Waals surface area contributed by atoms with Gasteiger partial charge in [-0.1, -0.05) is 35.3 Å². The quantitative estimate of drug-likeness (QED) is 0.362. The van der Waals surface area contributed by atoms with Crippen LogP contribution in [0.1, 0.15) is 12.8 Å². The topological polar surface area (TPSA) is 69.7 Å². The molecule has 1 aromatic heterocycles. The molecule has 2 heterocycles. The summed E-state index contributed by atoms with van der Waals surface area (Å²) in [6.07, 6.45) is 2.08. The molecule has 29 heavy (non-hydrogen) atoms. The highest BCUT2D eigenvalue weighted by molar-refractivity contribution is 7.07. The number of nitro groups is 1. The summed E-state index contributed by atoms with van der Waals surface area (Å²) in [5.74, 6) is 0. The van der Waals surface area contributed by atoms with Gasteiger partial charge in [-0.05, 0) is 31.0 Å². The molecule has 0 amide bonds. The standard InChI is InChI=1S/C20H17Cl2N3O3S/c21-14-6-7-18(17(22)10-14)23-20-24(11-16-5-2-8-28-16)19(12-29-20)13-3-1-4-15(9-13)25(26)27/h1,3-4,6-7,9-10,12,16H,2,5,8,11H2. The predicted octanol–water partition coefficient (Wildman–Crippen LogP) is 5.84. The summed E-state index contributed by atoms with van der Waals surface area (Å²) in [6.45, 7) is 1.36. The van der Waals surface area contributed by atoms with Crippen LogP contribution in [-0.2, 0) is 11.3 Å². The minimum absolute atomic E-state index is 0.0524. The zero-order valence-electron chi connectivity index (χ0n) is 15.3. The molecule has 1 saturated heterocycles. The fourth-order valence-electron chi connectivity index (χ4n) is 3.27. The van der Waals surface area contributed by atoms with Gasteiger partial charge in [0.2, 0.25) is 0 Å². The number of ether oxygens (including phenoxy) is 1. The molecule has 0 radical (unpaired) electrons. The van der Waals surface area contributed by atoms with Crippen LogP contribution in [0.2, 0.25) is 10.0 Å². The first-order valence-corrected chi connectivity index (χ1v) is 10.7. The minimum Gasteiger partial charge on any atom is -0.376 e. The average molecular weight is 450 g/mol. The highest BCUT2D eigenvalue weighted by Gasteiger charge is 2.20. The van der Waals surface area contributed by atoms with E-state index in [2.05, 4.69) is 0 Å². The second-order valence-electron chi connectivity index (χ2n) is 6.66. The van der Waals surface area contributed by atoms with Gasteiger partial charge in [0.05, 0.1) is 34.0 Å². The molecule has 9 heteroatoms. The Bertz CT molecular complexity index is 1120. The van der Waals surface area contributed by atoms with Crippen LogP contribution in [0.5, 0.6) is 0 Å². The molecule has 4 rings (SSSR count). The summed E-state index contributed by atoms with van der Waals surface area (Å²) in [7, 11) is 0. The summed E-state index contributed by atoms with van der Waals surface area (Å²) in [5.41, 5.74) is 2.29. The fourth-order valence-corrected chi connectivity index (χ4v) is 4.65. The Balaban J connectivity index is 1.82. The van der Waals surface area contributed by atoms with Gasteiger partial charge < -0.3 is 9.30 Å². The van der Waals surface area contributed by atoms with E-state index in [0.29, 0.717) is 22.3 Å². The number of rotatable bonds is 5. The molecule has 0 bridgehead atoms. The molecule has 1 unspecified atom stereocenters. The molecule has 0 N–H and O–H groups in total. The second kappa shape index (κ2) is 8.67.